The average Bonchev–Trinajstić information content (AvgIpc) is 3.88. The molecule has 0 aliphatic heterocycles. The fourth-order valence-corrected chi connectivity index (χ4v) is 9.10. The van der Waals surface area contributed by atoms with Gasteiger partial charge < -0.3 is 14.0 Å². The third kappa shape index (κ3) is 8.69. The van der Waals surface area contributed by atoms with Crippen molar-refractivity contribution in [1.29, 1.82) is 0 Å². The molecule has 1 atom stereocenters. The van der Waals surface area contributed by atoms with Gasteiger partial charge >= 0.3 is 0 Å². The number of rotatable bonds is 8. The Morgan fingerprint density at radius 3 is 2.16 bits per heavy atom. The Bertz CT molecular complexity index is 3170. The molecule has 5 nitrogen and oxygen atoms in total. The predicted octanol–water partition coefficient (Wildman–Crippen LogP) is 13.2. The first kappa shape index (κ1) is 38.9. The summed E-state index contributed by atoms with van der Waals surface area (Å²) >= 11 is 0. The van der Waals surface area contributed by atoms with E-state index >= 15 is 0 Å². The molecule has 1 unspecified atom stereocenters. The maximum absolute atomic E-state index is 9.04. The van der Waals surface area contributed by atoms with Gasteiger partial charge in [0, 0.05) is 45.8 Å². The molecular formula is C54H46IrN4OSi-2. The summed E-state index contributed by atoms with van der Waals surface area (Å²) < 4.78 is 26.6. The van der Waals surface area contributed by atoms with E-state index in [2.05, 4.69) is 107 Å². The molecule has 0 fully saturated rings. The summed E-state index contributed by atoms with van der Waals surface area (Å²) in [6, 6.07) is 61.4. The second-order valence-corrected chi connectivity index (χ2v) is 21.1. The number of benzene rings is 6. The number of hydrogen-bond donors (Lipinski definition) is 0. The zero-order chi connectivity index (χ0) is 43.0. The molecule has 0 spiro atoms. The predicted molar refractivity (Wildman–Crippen MR) is 251 cm³/mol. The molecule has 4 aromatic heterocycles. The van der Waals surface area contributed by atoms with E-state index in [1.54, 1.807) is 0 Å². The normalized spacial score (nSPS) is 12.6. The Balaban J connectivity index is 0.000000177. The molecule has 6 aromatic carbocycles. The molecule has 10 rings (SSSR count). The van der Waals surface area contributed by atoms with Crippen LogP contribution >= 0.6 is 0 Å². The molecule has 0 bridgehead atoms. The molecule has 61 heavy (non-hydrogen) atoms. The Morgan fingerprint density at radius 2 is 1.43 bits per heavy atom. The van der Waals surface area contributed by atoms with Crippen LogP contribution in [0, 0.1) is 19.1 Å². The zero-order valence-corrected chi connectivity index (χ0v) is 38.2. The van der Waals surface area contributed by atoms with Gasteiger partial charge in [0.2, 0.25) is 5.71 Å². The van der Waals surface area contributed by atoms with Crippen LogP contribution in [0.4, 0.5) is 0 Å². The Kier molecular flexibility index (Phi) is 11.3. The van der Waals surface area contributed by atoms with Gasteiger partial charge in [-0.1, -0.05) is 134 Å². The van der Waals surface area contributed by atoms with Crippen molar-refractivity contribution in [3.63, 3.8) is 0 Å². The summed E-state index contributed by atoms with van der Waals surface area (Å²) in [7, 11) is -1.77. The van der Waals surface area contributed by atoms with E-state index in [9.17, 15) is 0 Å². The van der Waals surface area contributed by atoms with Gasteiger partial charge in [0.1, 0.15) is 0 Å². The number of para-hydroxylation sites is 2. The second kappa shape index (κ2) is 17.8. The Morgan fingerprint density at radius 1 is 0.721 bits per heavy atom. The molecule has 0 aliphatic carbocycles. The van der Waals surface area contributed by atoms with E-state index in [0.29, 0.717) is 5.71 Å². The largest absolute Gasteiger partial charge is 0.486 e. The first-order valence-electron chi connectivity index (χ1n) is 21.3. The van der Waals surface area contributed by atoms with E-state index in [0.717, 1.165) is 77.7 Å². The van der Waals surface area contributed by atoms with Gasteiger partial charge in [0.25, 0.3) is 0 Å². The molecule has 0 N–H and O–H groups in total. The fourth-order valence-electron chi connectivity index (χ4n) is 7.70. The van der Waals surface area contributed by atoms with Gasteiger partial charge in [-0.3, -0.25) is 4.98 Å². The van der Waals surface area contributed by atoms with Crippen molar-refractivity contribution in [3.8, 4) is 39.5 Å². The number of furan rings is 1. The van der Waals surface area contributed by atoms with Crippen molar-refractivity contribution in [1.82, 2.24) is 19.5 Å². The monoisotopic (exact) mass is 989 g/mol. The van der Waals surface area contributed by atoms with Crippen LogP contribution < -0.4 is 5.19 Å². The third-order valence-electron chi connectivity index (χ3n) is 10.8. The summed E-state index contributed by atoms with van der Waals surface area (Å²) in [4.78, 5) is 14.3. The number of aromatic nitrogens is 4. The minimum Gasteiger partial charge on any atom is -0.486 e. The second-order valence-electron chi connectivity index (χ2n) is 16.1. The van der Waals surface area contributed by atoms with Gasteiger partial charge in [0.15, 0.2) is 0 Å². The molecule has 303 valence electrons. The quantitative estimate of drug-likeness (QED) is 0.112. The van der Waals surface area contributed by atoms with Crippen LogP contribution in [0.5, 0.6) is 0 Å². The van der Waals surface area contributed by atoms with E-state index < -0.39 is 14.4 Å². The minimum atomic E-state index is -1.77. The van der Waals surface area contributed by atoms with E-state index in [1.165, 1.54) is 11.1 Å². The Hall–Kier alpha value is -6.24. The zero-order valence-electron chi connectivity index (χ0n) is 36.8. The van der Waals surface area contributed by atoms with E-state index in [4.69, 9.17) is 12.1 Å². The summed E-state index contributed by atoms with van der Waals surface area (Å²) in [6.07, 6.45) is 0.400. The van der Waals surface area contributed by atoms with Crippen molar-refractivity contribution in [2.24, 2.45) is 0 Å². The molecule has 0 amide bonds. The maximum atomic E-state index is 9.04. The molecular weight excluding hydrogens is 941 g/mol. The van der Waals surface area contributed by atoms with E-state index in [-0.39, 0.29) is 26.0 Å². The number of imidazole rings is 1. The van der Waals surface area contributed by atoms with Crippen LogP contribution in [-0.4, -0.2) is 27.6 Å². The molecule has 0 aliphatic rings. The van der Waals surface area contributed by atoms with Crippen molar-refractivity contribution in [2.45, 2.75) is 45.8 Å². The SMILES string of the molecule is Cc1ccc2c(n1)oc1c(-c3nc4ccccc4n3-c3ccc(-c4ccccc4)cc3)[c-]ccc12.[2H]C([2H])(c1cc(-c2[c-]cccc2)ncc1[Si](C)(C)C)C(C)c1ccccc1.[Ir]. The van der Waals surface area contributed by atoms with Crippen LogP contribution in [0.25, 0.3) is 72.6 Å². The topological polar surface area (TPSA) is 56.7 Å². The van der Waals surface area contributed by atoms with Crippen LogP contribution in [0.3, 0.4) is 0 Å². The summed E-state index contributed by atoms with van der Waals surface area (Å²) in [5.74, 6) is 0.531. The summed E-state index contributed by atoms with van der Waals surface area (Å²) in [6.45, 7) is 10.7. The van der Waals surface area contributed by atoms with Gasteiger partial charge in [0.05, 0.1) is 30.5 Å². The molecule has 1 radical (unpaired) electrons. The molecule has 0 saturated heterocycles. The van der Waals surface area contributed by atoms with Gasteiger partial charge in [-0.05, 0) is 83.2 Å². The number of aryl methyl sites for hydroxylation is 1. The van der Waals surface area contributed by atoms with Crippen LogP contribution in [0.1, 0.15) is 32.4 Å². The first-order chi connectivity index (χ1) is 30.0. The fraction of sp³-hybridized carbons (Fsp3) is 0.130. The molecule has 0 saturated carbocycles. The number of hydrogen-bond acceptors (Lipinski definition) is 4. The van der Waals surface area contributed by atoms with Gasteiger partial charge in [-0.15, -0.1) is 54.1 Å². The van der Waals surface area contributed by atoms with Crippen LogP contribution in [0.15, 0.2) is 174 Å². The van der Waals surface area contributed by atoms with Gasteiger partial charge in [-0.2, -0.15) is 0 Å². The first-order valence-corrected chi connectivity index (χ1v) is 23.8. The third-order valence-corrected chi connectivity index (χ3v) is 12.8. The standard InChI is InChI=1S/C31H20N3O.C23H26NSi.Ir/c1-20-14-19-25-24-10-7-11-26(29(24)35-31(25)32-20)30-33-27-12-5-6-13-28(27)34(30)23-17-15-22(16-18-23)21-8-3-2-4-9-21;1-18(19-11-7-5-8-12-19)15-21-16-22(20-13-9-6-10-14-20)24-17-23(21)25(2,3)4;/h2-10,12-19H,1H3;5-13,16-18H,15H2,1-4H3;/q2*-1;/i;15D2;. The number of fused-ring (bicyclic) bond motifs is 4. The van der Waals surface area contributed by atoms with Gasteiger partial charge in [-0.25, -0.2) is 4.98 Å². The van der Waals surface area contributed by atoms with Crippen LogP contribution in [-0.2, 0) is 26.5 Å². The molecule has 10 aromatic rings. The average molecular weight is 989 g/mol. The molecule has 4 heterocycles. The van der Waals surface area contributed by atoms with Crippen molar-refractivity contribution < 1.29 is 27.3 Å². The molecule has 7 heteroatoms. The summed E-state index contributed by atoms with van der Waals surface area (Å²) in [5.41, 5.74) is 11.9. The number of pyridine rings is 2. The number of nitrogens with zero attached hydrogens (tertiary/aromatic N) is 4. The minimum absolute atomic E-state index is 0. The smallest absolute Gasteiger partial charge is 0.216 e. The van der Waals surface area contributed by atoms with Crippen molar-refractivity contribution in [3.05, 3.63) is 199 Å². The van der Waals surface area contributed by atoms with Crippen LogP contribution in [0.2, 0.25) is 19.6 Å². The van der Waals surface area contributed by atoms with E-state index in [1.807, 2.05) is 123 Å². The van der Waals surface area contributed by atoms with Crippen molar-refractivity contribution >= 4 is 46.4 Å². The van der Waals surface area contributed by atoms with Crippen molar-refractivity contribution in [2.75, 3.05) is 0 Å². The summed E-state index contributed by atoms with van der Waals surface area (Å²) in [5, 5.41) is 3.09. The maximum Gasteiger partial charge on any atom is 0.216 e. The Labute approximate surface area is 375 Å².